The first-order valence-corrected chi connectivity index (χ1v) is 13.3. The Morgan fingerprint density at radius 2 is 1.65 bits per heavy atom. The predicted octanol–water partition coefficient (Wildman–Crippen LogP) is 4.39. The van der Waals surface area contributed by atoms with Gasteiger partial charge in [0.1, 0.15) is 11.5 Å². The zero-order chi connectivity index (χ0) is 24.7. The van der Waals surface area contributed by atoms with Gasteiger partial charge in [-0.3, -0.25) is 4.79 Å². The molecule has 3 aromatic rings. The van der Waals surface area contributed by atoms with Crippen molar-refractivity contribution in [3.8, 4) is 11.5 Å². The van der Waals surface area contributed by atoms with Gasteiger partial charge >= 0.3 is 0 Å². The molecular formula is C26H33N3O4S. The van der Waals surface area contributed by atoms with Gasteiger partial charge in [-0.05, 0) is 76.3 Å². The van der Waals surface area contributed by atoms with Gasteiger partial charge < -0.3 is 14.6 Å². The van der Waals surface area contributed by atoms with Gasteiger partial charge in [-0.1, -0.05) is 31.5 Å². The SMILES string of the molecule is CCN(CC)CCCNC(=O)c1ccc(-c2nc(CS(=O)(=O)c3ccc(C)cc3)c(C)o2)cc1. The highest BCUT2D eigenvalue weighted by Crippen LogP contribution is 2.25. The Hall–Kier alpha value is -2.97. The number of carbonyl (C=O) groups excluding carboxylic acids is 1. The molecule has 7 nitrogen and oxygen atoms in total. The largest absolute Gasteiger partial charge is 0.441 e. The molecule has 182 valence electrons. The molecule has 2 aromatic carbocycles. The second-order valence-corrected chi connectivity index (χ2v) is 10.3. The molecule has 1 amide bonds. The van der Waals surface area contributed by atoms with Crippen LogP contribution >= 0.6 is 0 Å². The van der Waals surface area contributed by atoms with E-state index in [9.17, 15) is 13.2 Å². The minimum absolute atomic E-state index is 0.125. The molecule has 0 bridgehead atoms. The Bertz CT molecular complexity index is 1200. The fourth-order valence-electron chi connectivity index (χ4n) is 3.61. The van der Waals surface area contributed by atoms with Crippen molar-refractivity contribution >= 4 is 15.7 Å². The van der Waals surface area contributed by atoms with Gasteiger partial charge in [-0.25, -0.2) is 13.4 Å². The molecular weight excluding hydrogens is 450 g/mol. The number of oxazole rings is 1. The molecule has 0 aliphatic carbocycles. The maximum atomic E-state index is 12.8. The molecule has 0 saturated carbocycles. The molecule has 3 rings (SSSR count). The average molecular weight is 484 g/mol. The Labute approximate surface area is 202 Å². The number of amides is 1. The molecule has 1 aromatic heterocycles. The molecule has 0 radical (unpaired) electrons. The summed E-state index contributed by atoms with van der Waals surface area (Å²) in [6.07, 6.45) is 0.898. The fourth-order valence-corrected chi connectivity index (χ4v) is 4.95. The quantitative estimate of drug-likeness (QED) is 0.407. The Morgan fingerprint density at radius 3 is 2.26 bits per heavy atom. The predicted molar refractivity (Wildman–Crippen MR) is 133 cm³/mol. The molecule has 1 N–H and O–H groups in total. The van der Waals surface area contributed by atoms with Crippen LogP contribution in [-0.4, -0.2) is 50.4 Å². The zero-order valence-electron chi connectivity index (χ0n) is 20.3. The Morgan fingerprint density at radius 1 is 1.00 bits per heavy atom. The number of hydrogen-bond donors (Lipinski definition) is 1. The molecule has 8 heteroatoms. The van der Waals surface area contributed by atoms with E-state index in [1.807, 2.05) is 6.92 Å². The summed E-state index contributed by atoms with van der Waals surface area (Å²) >= 11 is 0. The second kappa shape index (κ2) is 11.4. The number of carbonyl (C=O) groups is 1. The monoisotopic (exact) mass is 483 g/mol. The highest BCUT2D eigenvalue weighted by Gasteiger charge is 2.21. The van der Waals surface area contributed by atoms with Crippen molar-refractivity contribution in [2.45, 2.75) is 44.8 Å². The summed E-state index contributed by atoms with van der Waals surface area (Å²) in [6, 6.07) is 13.7. The third-order valence-corrected chi connectivity index (χ3v) is 7.47. The summed E-state index contributed by atoms with van der Waals surface area (Å²) < 4.78 is 31.3. The lowest BCUT2D eigenvalue weighted by molar-refractivity contribution is 0.0952. The lowest BCUT2D eigenvalue weighted by Crippen LogP contribution is -2.29. The Kier molecular flexibility index (Phi) is 8.63. The van der Waals surface area contributed by atoms with E-state index in [0.717, 1.165) is 31.6 Å². The van der Waals surface area contributed by atoms with E-state index in [0.29, 0.717) is 35.0 Å². The fraction of sp³-hybridized carbons (Fsp3) is 0.385. The summed E-state index contributed by atoms with van der Waals surface area (Å²) in [7, 11) is -3.54. The van der Waals surface area contributed by atoms with Crippen LogP contribution in [0.1, 0.15) is 47.6 Å². The smallest absolute Gasteiger partial charge is 0.251 e. The highest BCUT2D eigenvalue weighted by atomic mass is 32.2. The van der Waals surface area contributed by atoms with Crippen molar-refractivity contribution < 1.29 is 17.6 Å². The van der Waals surface area contributed by atoms with Crippen LogP contribution in [0.2, 0.25) is 0 Å². The summed E-state index contributed by atoms with van der Waals surface area (Å²) in [5, 5.41) is 2.95. The first kappa shape index (κ1) is 25.6. The summed E-state index contributed by atoms with van der Waals surface area (Å²) in [4.78, 5) is 19.4. The number of rotatable bonds is 11. The first-order valence-electron chi connectivity index (χ1n) is 11.6. The number of sulfone groups is 1. The first-order chi connectivity index (χ1) is 16.2. The molecule has 34 heavy (non-hydrogen) atoms. The van der Waals surface area contributed by atoms with Gasteiger partial charge in [0.05, 0.1) is 10.6 Å². The van der Waals surface area contributed by atoms with Crippen molar-refractivity contribution in [2.75, 3.05) is 26.2 Å². The van der Waals surface area contributed by atoms with Crippen LogP contribution < -0.4 is 5.32 Å². The van der Waals surface area contributed by atoms with E-state index < -0.39 is 9.84 Å². The molecule has 0 aliphatic heterocycles. The van der Waals surface area contributed by atoms with Crippen LogP contribution in [0.4, 0.5) is 0 Å². The zero-order valence-corrected chi connectivity index (χ0v) is 21.1. The van der Waals surface area contributed by atoms with Gasteiger partial charge in [-0.2, -0.15) is 0 Å². The van der Waals surface area contributed by atoms with Crippen molar-refractivity contribution in [1.82, 2.24) is 15.2 Å². The van der Waals surface area contributed by atoms with E-state index in [-0.39, 0.29) is 16.6 Å². The van der Waals surface area contributed by atoms with Gasteiger partial charge in [-0.15, -0.1) is 0 Å². The van der Waals surface area contributed by atoms with Crippen LogP contribution in [0.5, 0.6) is 0 Å². The second-order valence-electron chi connectivity index (χ2n) is 8.31. The third kappa shape index (κ3) is 6.55. The average Bonchev–Trinajstić information content (AvgIpc) is 3.18. The molecule has 0 unspecified atom stereocenters. The van der Waals surface area contributed by atoms with Gasteiger partial charge in [0.2, 0.25) is 5.89 Å². The number of aryl methyl sites for hydroxylation is 2. The van der Waals surface area contributed by atoms with E-state index in [1.165, 1.54) is 0 Å². The van der Waals surface area contributed by atoms with Crippen molar-refractivity contribution in [3.05, 3.63) is 71.1 Å². The van der Waals surface area contributed by atoms with E-state index in [4.69, 9.17) is 4.42 Å². The molecule has 0 saturated heterocycles. The standard InChI is InChI=1S/C26H33N3O4S/c1-5-29(6-2)17-7-16-27-25(30)21-10-12-22(13-11-21)26-28-24(20(4)33-26)18-34(31,32)23-14-8-19(3)9-15-23/h8-15H,5-7,16-18H2,1-4H3,(H,27,30). The third-order valence-electron chi connectivity index (χ3n) is 5.82. The van der Waals surface area contributed by atoms with Crippen molar-refractivity contribution in [1.29, 1.82) is 0 Å². The van der Waals surface area contributed by atoms with Crippen LogP contribution in [0.15, 0.2) is 57.8 Å². The molecule has 0 fully saturated rings. The maximum absolute atomic E-state index is 12.8. The van der Waals surface area contributed by atoms with Crippen LogP contribution in [-0.2, 0) is 15.6 Å². The lowest BCUT2D eigenvalue weighted by Gasteiger charge is -2.17. The Balaban J connectivity index is 1.63. The normalized spacial score (nSPS) is 11.7. The van der Waals surface area contributed by atoms with Crippen LogP contribution in [0.3, 0.4) is 0 Å². The highest BCUT2D eigenvalue weighted by molar-refractivity contribution is 7.90. The number of hydrogen-bond acceptors (Lipinski definition) is 6. The van der Waals surface area contributed by atoms with Gasteiger partial charge in [0.25, 0.3) is 5.91 Å². The molecule has 0 spiro atoms. The van der Waals surface area contributed by atoms with E-state index in [1.54, 1.807) is 55.5 Å². The summed E-state index contributed by atoms with van der Waals surface area (Å²) in [5.41, 5.74) is 2.61. The minimum atomic E-state index is -3.54. The van der Waals surface area contributed by atoms with Crippen molar-refractivity contribution in [2.24, 2.45) is 0 Å². The topological polar surface area (TPSA) is 92.5 Å². The van der Waals surface area contributed by atoms with E-state index in [2.05, 4.69) is 29.0 Å². The number of nitrogens with one attached hydrogen (secondary N) is 1. The maximum Gasteiger partial charge on any atom is 0.251 e. The molecule has 1 heterocycles. The van der Waals surface area contributed by atoms with Gasteiger partial charge in [0, 0.05) is 17.7 Å². The molecule has 0 aliphatic rings. The van der Waals surface area contributed by atoms with Crippen LogP contribution in [0, 0.1) is 13.8 Å². The number of nitrogens with zero attached hydrogens (tertiary/aromatic N) is 2. The van der Waals surface area contributed by atoms with Gasteiger partial charge in [0.15, 0.2) is 9.84 Å². The summed E-state index contributed by atoms with van der Waals surface area (Å²) in [5.74, 6) is 0.428. The van der Waals surface area contributed by atoms with Crippen molar-refractivity contribution in [3.63, 3.8) is 0 Å². The lowest BCUT2D eigenvalue weighted by atomic mass is 10.1. The molecule has 0 atom stereocenters. The number of benzene rings is 2. The van der Waals surface area contributed by atoms with Crippen LogP contribution in [0.25, 0.3) is 11.5 Å². The van der Waals surface area contributed by atoms with E-state index >= 15 is 0 Å². The summed E-state index contributed by atoms with van der Waals surface area (Å²) in [6.45, 7) is 11.5. The number of aromatic nitrogens is 1. The minimum Gasteiger partial charge on any atom is -0.441 e.